The van der Waals surface area contributed by atoms with Crippen LogP contribution in [0, 0.1) is 10.1 Å². The Labute approximate surface area is 190 Å². The molecule has 0 radical (unpaired) electrons. The second-order valence-electron chi connectivity index (χ2n) is 6.74. The van der Waals surface area contributed by atoms with Crippen molar-refractivity contribution >= 4 is 50.7 Å². The Morgan fingerprint density at radius 1 is 1.16 bits per heavy atom. The van der Waals surface area contributed by atoms with Crippen LogP contribution in [0.2, 0.25) is 0 Å². The summed E-state index contributed by atoms with van der Waals surface area (Å²) in [5.41, 5.74) is 0.499. The molecule has 3 aromatic rings. The number of nitrogens with zero attached hydrogens (tertiary/aromatic N) is 4. The molecule has 0 saturated heterocycles. The molecule has 8 nitrogen and oxygen atoms in total. The second-order valence-corrected chi connectivity index (χ2v) is 7.75. The van der Waals surface area contributed by atoms with Crippen molar-refractivity contribution in [2.24, 2.45) is 0 Å². The number of likely N-dealkylation sites (N-methyl/N-ethyl adjacent to an activating group) is 1. The van der Waals surface area contributed by atoms with Crippen LogP contribution in [0.4, 0.5) is 24.0 Å². The van der Waals surface area contributed by atoms with Crippen molar-refractivity contribution in [2.75, 3.05) is 32.1 Å². The van der Waals surface area contributed by atoms with Gasteiger partial charge in [0.1, 0.15) is 5.75 Å². The Bertz CT molecular complexity index is 1110. The van der Waals surface area contributed by atoms with Crippen LogP contribution < -0.4 is 9.64 Å². The number of carbonyl (C=O) groups is 1. The zero-order valence-corrected chi connectivity index (χ0v) is 18.5. The van der Waals surface area contributed by atoms with Crippen LogP contribution in [0.3, 0.4) is 0 Å². The summed E-state index contributed by atoms with van der Waals surface area (Å²) in [4.78, 5) is 31.0. The molecule has 2 aromatic carbocycles. The van der Waals surface area contributed by atoms with Gasteiger partial charge in [0.2, 0.25) is 0 Å². The summed E-state index contributed by atoms with van der Waals surface area (Å²) in [5.74, 6) is -0.806. The predicted octanol–water partition coefficient (Wildman–Crippen LogP) is 4.73. The fourth-order valence-electron chi connectivity index (χ4n) is 2.67. The molecule has 0 aliphatic heterocycles. The summed E-state index contributed by atoms with van der Waals surface area (Å²) in [6.45, 7) is 0.756. The van der Waals surface area contributed by atoms with Crippen molar-refractivity contribution in [3.63, 3.8) is 0 Å². The maximum absolute atomic E-state index is 13.1. The maximum Gasteiger partial charge on any atom is 0.573 e. The van der Waals surface area contributed by atoms with Gasteiger partial charge in [-0.15, -0.1) is 25.6 Å². The summed E-state index contributed by atoms with van der Waals surface area (Å²) in [6, 6.07) is 8.92. The molecule has 0 unspecified atom stereocenters. The number of thiazole rings is 1. The smallest absolute Gasteiger partial charge is 0.406 e. The van der Waals surface area contributed by atoms with E-state index in [1.54, 1.807) is 0 Å². The molecule has 172 valence electrons. The molecular weight excluding hydrogens is 473 g/mol. The van der Waals surface area contributed by atoms with E-state index in [0.29, 0.717) is 21.9 Å². The van der Waals surface area contributed by atoms with Crippen LogP contribution in [-0.4, -0.2) is 54.3 Å². The summed E-state index contributed by atoms with van der Waals surface area (Å²) >= 11 is 1.05. The quantitative estimate of drug-likeness (QED) is 0.351. The lowest BCUT2D eigenvalue weighted by atomic mass is 10.2. The Hall–Kier alpha value is -2.96. The number of hydrogen-bond donors (Lipinski definition) is 0. The number of carbonyl (C=O) groups excluding carboxylic acids is 1. The Morgan fingerprint density at radius 2 is 1.81 bits per heavy atom. The first-order valence-electron chi connectivity index (χ1n) is 8.91. The van der Waals surface area contributed by atoms with Crippen LogP contribution in [-0.2, 0) is 0 Å². The van der Waals surface area contributed by atoms with Crippen molar-refractivity contribution in [1.29, 1.82) is 0 Å². The Morgan fingerprint density at radius 3 is 2.38 bits per heavy atom. The maximum atomic E-state index is 13.1. The highest BCUT2D eigenvalue weighted by molar-refractivity contribution is 7.22. The molecule has 32 heavy (non-hydrogen) atoms. The first kappa shape index (κ1) is 25.3. The number of ether oxygens (including phenoxy) is 1. The van der Waals surface area contributed by atoms with Crippen LogP contribution in [0.5, 0.6) is 5.75 Å². The predicted molar refractivity (Wildman–Crippen MR) is 117 cm³/mol. The lowest BCUT2D eigenvalue weighted by Crippen LogP contribution is -2.36. The largest absolute Gasteiger partial charge is 0.573 e. The molecule has 1 heterocycles. The zero-order valence-electron chi connectivity index (χ0n) is 16.8. The van der Waals surface area contributed by atoms with Crippen LogP contribution >= 0.6 is 23.7 Å². The van der Waals surface area contributed by atoms with E-state index in [-0.39, 0.29) is 36.0 Å². The van der Waals surface area contributed by atoms with Gasteiger partial charge in [-0.3, -0.25) is 19.8 Å². The third kappa shape index (κ3) is 6.28. The van der Waals surface area contributed by atoms with Gasteiger partial charge in [0.25, 0.3) is 11.6 Å². The van der Waals surface area contributed by atoms with Gasteiger partial charge in [-0.1, -0.05) is 11.3 Å². The summed E-state index contributed by atoms with van der Waals surface area (Å²) in [7, 11) is 3.65. The molecule has 0 bridgehead atoms. The topological polar surface area (TPSA) is 88.8 Å². The van der Waals surface area contributed by atoms with Gasteiger partial charge >= 0.3 is 6.36 Å². The molecule has 13 heteroatoms. The Balaban J connectivity index is 0.00000363. The number of non-ortho nitro benzene ring substituents is 1. The minimum absolute atomic E-state index is 0. The highest BCUT2D eigenvalue weighted by atomic mass is 35.5. The van der Waals surface area contributed by atoms with Gasteiger partial charge in [-0.2, -0.15) is 0 Å². The molecule has 0 N–H and O–H groups in total. The summed E-state index contributed by atoms with van der Waals surface area (Å²) in [6.07, 6.45) is -4.81. The van der Waals surface area contributed by atoms with Gasteiger partial charge in [-0.05, 0) is 38.4 Å². The number of benzene rings is 2. The first-order valence-corrected chi connectivity index (χ1v) is 9.72. The van der Waals surface area contributed by atoms with Gasteiger partial charge in [0.15, 0.2) is 5.13 Å². The monoisotopic (exact) mass is 490 g/mol. The van der Waals surface area contributed by atoms with Crippen LogP contribution in [0.15, 0.2) is 42.5 Å². The Kier molecular flexibility index (Phi) is 7.99. The van der Waals surface area contributed by atoms with Gasteiger partial charge in [0.05, 0.1) is 15.1 Å². The van der Waals surface area contributed by atoms with Crippen LogP contribution in [0.1, 0.15) is 10.4 Å². The highest BCUT2D eigenvalue weighted by Gasteiger charge is 2.31. The molecule has 0 aliphatic rings. The number of anilines is 1. The molecular formula is C19H18ClF3N4O4S. The standard InChI is InChI=1S/C19H17F3N4O4S.ClH/c1-24(2)9-10-25(17(27)12-3-5-13(6-4-12)26(28)29)18-23-15-8-7-14(11-16(15)31-18)30-19(20,21)22;/h3-8,11H,9-10H2,1-2H3;1H. The summed E-state index contributed by atoms with van der Waals surface area (Å²) in [5, 5.41) is 11.1. The number of aromatic nitrogens is 1. The van der Waals surface area contributed by atoms with E-state index in [4.69, 9.17) is 0 Å². The number of fused-ring (bicyclic) bond motifs is 1. The number of nitro groups is 1. The number of nitro benzene ring substituents is 1. The first-order chi connectivity index (χ1) is 14.5. The van der Waals surface area contributed by atoms with E-state index in [9.17, 15) is 28.1 Å². The van der Waals surface area contributed by atoms with Crippen molar-refractivity contribution in [2.45, 2.75) is 6.36 Å². The number of alkyl halides is 3. The highest BCUT2D eigenvalue weighted by Crippen LogP contribution is 2.34. The number of amides is 1. The minimum atomic E-state index is -4.81. The fourth-order valence-corrected chi connectivity index (χ4v) is 3.69. The van der Waals surface area contributed by atoms with E-state index >= 15 is 0 Å². The van der Waals surface area contributed by atoms with Crippen molar-refractivity contribution < 1.29 is 27.6 Å². The molecule has 0 spiro atoms. The number of halogens is 4. The summed E-state index contributed by atoms with van der Waals surface area (Å²) < 4.78 is 41.8. The van der Waals surface area contributed by atoms with Crippen molar-refractivity contribution in [3.05, 3.63) is 58.1 Å². The third-order valence-corrected chi connectivity index (χ3v) is 5.20. The van der Waals surface area contributed by atoms with Gasteiger partial charge in [0, 0.05) is 36.9 Å². The molecule has 0 aliphatic carbocycles. The third-order valence-electron chi connectivity index (χ3n) is 4.15. The second kappa shape index (κ2) is 10.1. The van der Waals surface area contributed by atoms with E-state index < -0.39 is 17.2 Å². The van der Waals surface area contributed by atoms with Crippen LogP contribution in [0.25, 0.3) is 10.2 Å². The molecule has 0 fully saturated rings. The lowest BCUT2D eigenvalue weighted by molar-refractivity contribution is -0.384. The average Bonchev–Trinajstić information content (AvgIpc) is 3.09. The van der Waals surface area contributed by atoms with Crippen molar-refractivity contribution in [3.8, 4) is 5.75 Å². The minimum Gasteiger partial charge on any atom is -0.406 e. The van der Waals surface area contributed by atoms with Gasteiger partial charge < -0.3 is 9.64 Å². The molecule has 1 aromatic heterocycles. The average molecular weight is 491 g/mol. The number of hydrogen-bond acceptors (Lipinski definition) is 7. The normalized spacial score (nSPS) is 11.3. The lowest BCUT2D eigenvalue weighted by Gasteiger charge is -2.22. The van der Waals surface area contributed by atoms with E-state index in [1.165, 1.54) is 41.3 Å². The van der Waals surface area contributed by atoms with E-state index in [0.717, 1.165) is 17.4 Å². The molecule has 0 atom stereocenters. The number of rotatable bonds is 7. The van der Waals surface area contributed by atoms with E-state index in [2.05, 4.69) is 9.72 Å². The molecule has 3 rings (SSSR count). The molecule has 1 amide bonds. The van der Waals surface area contributed by atoms with Crippen molar-refractivity contribution in [1.82, 2.24) is 9.88 Å². The van der Waals surface area contributed by atoms with Gasteiger partial charge in [-0.25, -0.2) is 4.98 Å². The zero-order chi connectivity index (χ0) is 22.8. The fraction of sp³-hybridized carbons (Fsp3) is 0.263. The SMILES string of the molecule is CN(C)CCN(C(=O)c1ccc([N+](=O)[O-])cc1)c1nc2ccc(OC(F)(F)F)cc2s1.Cl. The van der Waals surface area contributed by atoms with E-state index in [1.807, 2.05) is 19.0 Å². The molecule has 0 saturated carbocycles.